The van der Waals surface area contributed by atoms with Crippen molar-refractivity contribution in [1.29, 1.82) is 5.41 Å². The molecule has 3 N–H and O–H groups in total. The quantitative estimate of drug-likeness (QED) is 0.673. The summed E-state index contributed by atoms with van der Waals surface area (Å²) >= 11 is 1.28. The first-order valence-electron chi connectivity index (χ1n) is 5.66. The van der Waals surface area contributed by atoms with Crippen LogP contribution in [0.2, 0.25) is 0 Å². The van der Waals surface area contributed by atoms with E-state index in [1.54, 1.807) is 23.7 Å². The molecule has 0 aliphatic rings. The minimum Gasteiger partial charge on any atom is -0.504 e. The standard InChI is InChI=1S/C13H9N3O3S/c14-11-8(12(18)16-13-15-4-5-20-13)6-7-2-1-3-9(17)10(7)19-11/h1-6,14,17H,(H,15,16,18). The third-order valence-electron chi connectivity index (χ3n) is 2.67. The Kier molecular flexibility index (Phi) is 2.96. The van der Waals surface area contributed by atoms with Gasteiger partial charge in [-0.2, -0.15) is 0 Å². The SMILES string of the molecule is N=c1oc2c(O)cccc2cc1C(=O)Nc1nccs1. The molecule has 0 spiro atoms. The van der Waals surface area contributed by atoms with E-state index in [0.717, 1.165) is 0 Å². The van der Waals surface area contributed by atoms with E-state index in [9.17, 15) is 9.90 Å². The molecule has 2 heterocycles. The van der Waals surface area contributed by atoms with Crippen LogP contribution in [-0.2, 0) is 0 Å². The number of aromatic nitrogens is 1. The first kappa shape index (κ1) is 12.4. The summed E-state index contributed by atoms with van der Waals surface area (Å²) in [7, 11) is 0. The first-order valence-corrected chi connectivity index (χ1v) is 6.54. The lowest BCUT2D eigenvalue weighted by atomic mass is 10.1. The summed E-state index contributed by atoms with van der Waals surface area (Å²) in [5, 5.41) is 22.7. The summed E-state index contributed by atoms with van der Waals surface area (Å²) in [5.74, 6) is -0.540. The van der Waals surface area contributed by atoms with Gasteiger partial charge < -0.3 is 9.52 Å². The Balaban J connectivity index is 2.05. The van der Waals surface area contributed by atoms with Crippen LogP contribution in [-0.4, -0.2) is 16.0 Å². The molecule has 1 aromatic carbocycles. The van der Waals surface area contributed by atoms with Gasteiger partial charge in [-0.1, -0.05) is 12.1 Å². The maximum absolute atomic E-state index is 12.1. The number of hydrogen-bond acceptors (Lipinski definition) is 6. The number of aromatic hydroxyl groups is 1. The van der Waals surface area contributed by atoms with E-state index in [1.807, 2.05) is 0 Å². The minimum atomic E-state index is -0.473. The van der Waals surface area contributed by atoms with Crippen molar-refractivity contribution < 1.29 is 14.3 Å². The number of amides is 1. The molecule has 2 aromatic heterocycles. The highest BCUT2D eigenvalue weighted by molar-refractivity contribution is 7.13. The van der Waals surface area contributed by atoms with Crippen molar-refractivity contribution in [2.75, 3.05) is 5.32 Å². The topological polar surface area (TPSA) is 99.2 Å². The summed E-state index contributed by atoms with van der Waals surface area (Å²) in [6.07, 6.45) is 1.57. The van der Waals surface area contributed by atoms with Gasteiger partial charge in [0.1, 0.15) is 5.56 Å². The van der Waals surface area contributed by atoms with E-state index in [2.05, 4.69) is 10.3 Å². The zero-order valence-electron chi connectivity index (χ0n) is 10.1. The molecule has 0 atom stereocenters. The fraction of sp³-hybridized carbons (Fsp3) is 0. The minimum absolute atomic E-state index is 0.0668. The lowest BCUT2D eigenvalue weighted by molar-refractivity contribution is 0.102. The van der Waals surface area contributed by atoms with Crippen LogP contribution in [0.15, 0.2) is 40.3 Å². The lowest BCUT2D eigenvalue weighted by Gasteiger charge is -2.04. The molecule has 6 nitrogen and oxygen atoms in total. The molecule has 1 amide bonds. The number of anilines is 1. The Morgan fingerprint density at radius 3 is 3.05 bits per heavy atom. The van der Waals surface area contributed by atoms with Gasteiger partial charge in [-0.15, -0.1) is 11.3 Å². The number of nitrogens with zero attached hydrogens (tertiary/aromatic N) is 1. The average molecular weight is 287 g/mol. The van der Waals surface area contributed by atoms with E-state index >= 15 is 0 Å². The first-order chi connectivity index (χ1) is 9.65. The fourth-order valence-electron chi connectivity index (χ4n) is 1.76. The predicted molar refractivity (Wildman–Crippen MR) is 73.8 cm³/mol. The molecule has 0 unspecified atom stereocenters. The maximum atomic E-state index is 12.1. The Morgan fingerprint density at radius 2 is 2.30 bits per heavy atom. The molecule has 7 heteroatoms. The van der Waals surface area contributed by atoms with Crippen molar-refractivity contribution in [1.82, 2.24) is 4.98 Å². The van der Waals surface area contributed by atoms with E-state index in [4.69, 9.17) is 9.83 Å². The molecular weight excluding hydrogens is 278 g/mol. The van der Waals surface area contributed by atoms with Crippen LogP contribution in [0, 0.1) is 5.41 Å². The van der Waals surface area contributed by atoms with Crippen molar-refractivity contribution in [2.45, 2.75) is 0 Å². The van der Waals surface area contributed by atoms with Crippen molar-refractivity contribution in [3.05, 3.63) is 47.0 Å². The Bertz CT molecular complexity index is 840. The molecule has 3 aromatic rings. The normalized spacial score (nSPS) is 10.6. The summed E-state index contributed by atoms with van der Waals surface area (Å²) in [5.41, 5.74) is -0.0466. The van der Waals surface area contributed by atoms with Gasteiger partial charge in [0.05, 0.1) is 0 Å². The summed E-state index contributed by atoms with van der Waals surface area (Å²) in [6, 6.07) is 6.29. The lowest BCUT2D eigenvalue weighted by Crippen LogP contribution is -2.20. The van der Waals surface area contributed by atoms with Crippen LogP contribution in [0.4, 0.5) is 5.13 Å². The zero-order chi connectivity index (χ0) is 14.1. The zero-order valence-corrected chi connectivity index (χ0v) is 10.9. The monoisotopic (exact) mass is 287 g/mol. The van der Waals surface area contributed by atoms with Crippen molar-refractivity contribution in [2.24, 2.45) is 0 Å². The van der Waals surface area contributed by atoms with Crippen molar-refractivity contribution in [3.8, 4) is 5.75 Å². The van der Waals surface area contributed by atoms with E-state index in [1.165, 1.54) is 23.5 Å². The molecule has 0 bridgehead atoms. The second-order valence-electron chi connectivity index (χ2n) is 3.98. The van der Waals surface area contributed by atoms with Crippen molar-refractivity contribution >= 4 is 33.3 Å². The van der Waals surface area contributed by atoms with E-state index < -0.39 is 5.91 Å². The number of para-hydroxylation sites is 1. The number of phenols is 1. The number of thiazole rings is 1. The summed E-state index contributed by atoms with van der Waals surface area (Å²) < 4.78 is 5.20. The number of benzene rings is 1. The van der Waals surface area contributed by atoms with Crippen LogP contribution in [0.5, 0.6) is 5.75 Å². The third kappa shape index (κ3) is 2.14. The molecule has 20 heavy (non-hydrogen) atoms. The van der Waals surface area contributed by atoms with Gasteiger partial charge in [0.15, 0.2) is 16.5 Å². The molecule has 3 rings (SSSR count). The molecule has 0 radical (unpaired) electrons. The largest absolute Gasteiger partial charge is 0.504 e. The van der Waals surface area contributed by atoms with Crippen LogP contribution in [0.25, 0.3) is 11.0 Å². The van der Waals surface area contributed by atoms with Crippen LogP contribution in [0.1, 0.15) is 10.4 Å². The highest BCUT2D eigenvalue weighted by atomic mass is 32.1. The summed E-state index contributed by atoms with van der Waals surface area (Å²) in [4.78, 5) is 16.0. The van der Waals surface area contributed by atoms with Crippen LogP contribution < -0.4 is 10.9 Å². The smallest absolute Gasteiger partial charge is 0.262 e. The number of carbonyl (C=O) groups is 1. The van der Waals surface area contributed by atoms with Gasteiger partial charge in [-0.05, 0) is 12.1 Å². The van der Waals surface area contributed by atoms with Gasteiger partial charge in [-0.25, -0.2) is 4.98 Å². The maximum Gasteiger partial charge on any atom is 0.262 e. The second-order valence-corrected chi connectivity index (χ2v) is 4.87. The molecule has 100 valence electrons. The van der Waals surface area contributed by atoms with Crippen LogP contribution in [0.3, 0.4) is 0 Å². The molecule has 0 fully saturated rings. The van der Waals surface area contributed by atoms with Gasteiger partial charge in [0, 0.05) is 17.0 Å². The number of carbonyl (C=O) groups excluding carboxylic acids is 1. The summed E-state index contributed by atoms with van der Waals surface area (Å²) in [6.45, 7) is 0. The Labute approximate surface area is 116 Å². The van der Waals surface area contributed by atoms with Crippen LogP contribution >= 0.6 is 11.3 Å². The third-order valence-corrected chi connectivity index (χ3v) is 3.36. The molecule has 0 saturated heterocycles. The van der Waals surface area contributed by atoms with E-state index in [-0.39, 0.29) is 22.5 Å². The van der Waals surface area contributed by atoms with Crippen molar-refractivity contribution in [3.63, 3.8) is 0 Å². The molecular formula is C13H9N3O3S. The predicted octanol–water partition coefficient (Wildman–Crippen LogP) is 2.33. The van der Waals surface area contributed by atoms with Gasteiger partial charge in [0.2, 0.25) is 5.55 Å². The van der Waals surface area contributed by atoms with Gasteiger partial charge >= 0.3 is 0 Å². The van der Waals surface area contributed by atoms with Gasteiger partial charge in [0.25, 0.3) is 5.91 Å². The molecule has 0 aliphatic heterocycles. The highest BCUT2D eigenvalue weighted by Gasteiger charge is 2.14. The Hall–Kier alpha value is -2.67. The number of nitrogens with one attached hydrogen (secondary N) is 2. The second kappa shape index (κ2) is 4.78. The van der Waals surface area contributed by atoms with E-state index in [0.29, 0.717) is 10.5 Å². The number of hydrogen-bond donors (Lipinski definition) is 3. The number of rotatable bonds is 2. The highest BCUT2D eigenvalue weighted by Crippen LogP contribution is 2.23. The number of fused-ring (bicyclic) bond motifs is 1. The number of phenolic OH excluding ortho intramolecular Hbond substituents is 1. The Morgan fingerprint density at radius 1 is 1.45 bits per heavy atom. The molecule has 0 aliphatic carbocycles. The molecule has 0 saturated carbocycles. The van der Waals surface area contributed by atoms with Gasteiger partial charge in [-0.3, -0.25) is 15.5 Å². The fourth-order valence-corrected chi connectivity index (χ4v) is 2.29. The average Bonchev–Trinajstić information content (AvgIpc) is 2.92.